The van der Waals surface area contributed by atoms with Gasteiger partial charge in [-0.2, -0.15) is 0 Å². The predicted octanol–water partition coefficient (Wildman–Crippen LogP) is -2.56. The van der Waals surface area contributed by atoms with Gasteiger partial charge in [-0.3, -0.25) is 0 Å². The molecule has 0 aromatic rings. The lowest BCUT2D eigenvalue weighted by molar-refractivity contribution is 0.478. The molecule has 0 radical (unpaired) electrons. The van der Waals surface area contributed by atoms with E-state index in [-0.39, 0.29) is 6.15 Å². The van der Waals surface area contributed by atoms with Gasteiger partial charge in [0.05, 0.1) is 0 Å². The molecule has 0 saturated carbocycles. The molecule has 0 amide bonds. The fraction of sp³-hybridized carbons (Fsp3) is 0. The average Bonchev–Trinajstić information content (AvgIpc) is 1.37. The molecule has 0 spiro atoms. The molecule has 34 valence electrons. The Hall–Kier alpha value is 0.314. The maximum Gasteiger partial charge on any atom is 0.290 e. The lowest BCUT2D eigenvalue weighted by Gasteiger charge is -1.75. The van der Waals surface area contributed by atoms with Gasteiger partial charge in [0.15, 0.2) is 0 Å². The molecule has 0 aliphatic heterocycles. The Labute approximate surface area is 36.5 Å². The van der Waals surface area contributed by atoms with Crippen LogP contribution < -0.4 is 6.15 Å². The molecule has 4 N–H and O–H groups in total. The van der Waals surface area contributed by atoms with Crippen LogP contribution in [-0.2, 0) is 4.12 Å². The molecule has 0 saturated heterocycles. The maximum absolute atomic E-state index is 7.83. The second kappa shape index (κ2) is 8.85. The predicted molar refractivity (Wildman–Crippen MR) is 26.8 cm³/mol. The Morgan fingerprint density at radius 3 is 2.00 bits per heavy atom. The van der Waals surface area contributed by atoms with E-state index in [0.29, 0.717) is 10.5 Å². The molecule has 0 aliphatic carbocycles. The molecule has 5 heteroatoms. The summed E-state index contributed by atoms with van der Waals surface area (Å²) in [7, 11) is -0.312. The first-order chi connectivity index (χ1) is 1.91. The minimum atomic E-state index is -1.01. The Balaban J connectivity index is 0. The van der Waals surface area contributed by atoms with E-state index in [9.17, 15) is 0 Å². The lowest BCUT2D eigenvalue weighted by Crippen LogP contribution is -1.88. The zero-order chi connectivity index (χ0) is 3.41. The second-order valence-corrected chi connectivity index (χ2v) is 2.99. The highest BCUT2D eigenvalue weighted by atomic mass is 28.3. The summed E-state index contributed by atoms with van der Waals surface area (Å²) >= 11 is 0. The molecular weight excluding hydrogens is 102 g/mol. The van der Waals surface area contributed by atoms with Crippen molar-refractivity contribution in [3.8, 4) is 0 Å². The third-order valence-corrected chi connectivity index (χ3v) is 1.16. The van der Waals surface area contributed by atoms with Gasteiger partial charge in [0.25, 0.3) is 10.0 Å². The summed E-state index contributed by atoms with van der Waals surface area (Å²) in [5.74, 6) is 0. The maximum atomic E-state index is 7.83. The van der Waals surface area contributed by atoms with Crippen LogP contribution in [0.2, 0.25) is 0 Å². The summed E-state index contributed by atoms with van der Waals surface area (Å²) in [5, 5.41) is 0. The van der Waals surface area contributed by atoms with Crippen LogP contribution in [0.3, 0.4) is 0 Å². The molecule has 3 nitrogen and oxygen atoms in total. The average molecular weight is 111 g/mol. The van der Waals surface area contributed by atoms with Crippen LogP contribution in [0.25, 0.3) is 0 Å². The van der Waals surface area contributed by atoms with E-state index in [1.165, 1.54) is 0 Å². The zero-order valence-corrected chi connectivity index (χ0v) is 6.68. The van der Waals surface area contributed by atoms with E-state index in [2.05, 4.69) is 4.12 Å². The highest BCUT2D eigenvalue weighted by Crippen LogP contribution is 1.37. The van der Waals surface area contributed by atoms with Gasteiger partial charge in [0.2, 0.25) is 0 Å². The van der Waals surface area contributed by atoms with Crippen molar-refractivity contribution < 1.29 is 8.91 Å². The van der Waals surface area contributed by atoms with Crippen molar-refractivity contribution in [2.45, 2.75) is 0 Å². The minimum Gasteiger partial charge on any atom is -0.449 e. The third kappa shape index (κ3) is 13.4. The Bertz CT molecular complexity index is 9.61. The fourth-order valence-corrected chi connectivity index (χ4v) is 0. The monoisotopic (exact) mass is 111 g/mol. The first kappa shape index (κ1) is 9.00. The van der Waals surface area contributed by atoms with E-state index >= 15 is 0 Å². The quantitative estimate of drug-likeness (QED) is 0.366. The zero-order valence-electron chi connectivity index (χ0n) is 3.27. The molecule has 0 atom stereocenters. The first-order valence-corrected chi connectivity index (χ1v) is 3.04. The fourth-order valence-electron chi connectivity index (χ4n) is 0. The van der Waals surface area contributed by atoms with Gasteiger partial charge in [-0.05, 0) is 0 Å². The molecule has 0 bridgehead atoms. The van der Waals surface area contributed by atoms with Crippen molar-refractivity contribution >= 4 is 20.5 Å². The number of hydrogen-bond acceptors (Lipinski definition) is 3. The van der Waals surface area contributed by atoms with Crippen LogP contribution in [0.4, 0.5) is 0 Å². The molecule has 0 fully saturated rings. The summed E-state index contributed by atoms with van der Waals surface area (Å²) in [4.78, 5) is 7.83. The van der Waals surface area contributed by atoms with Crippen LogP contribution in [0.5, 0.6) is 0 Å². The van der Waals surface area contributed by atoms with Crippen LogP contribution >= 0.6 is 0 Å². The third-order valence-electron chi connectivity index (χ3n) is 0.129. The van der Waals surface area contributed by atoms with E-state index in [4.69, 9.17) is 4.80 Å². The number of hydrogen-bond donors (Lipinski definition) is 2. The van der Waals surface area contributed by atoms with Crippen molar-refractivity contribution in [1.29, 1.82) is 0 Å². The standard InChI is InChI=1S/H3N.H6O2Si2/c;1-4-2-3/h1H3;1H,4H2,3H3. The summed E-state index contributed by atoms with van der Waals surface area (Å²) in [6.07, 6.45) is 0. The van der Waals surface area contributed by atoms with Gasteiger partial charge >= 0.3 is 0 Å². The van der Waals surface area contributed by atoms with E-state index in [0.717, 1.165) is 0 Å². The van der Waals surface area contributed by atoms with Crippen LogP contribution in [0, 0.1) is 0 Å². The van der Waals surface area contributed by atoms with E-state index in [1.807, 2.05) is 0 Å². The van der Waals surface area contributed by atoms with Crippen LogP contribution in [-0.4, -0.2) is 25.3 Å². The largest absolute Gasteiger partial charge is 0.449 e. The van der Waals surface area contributed by atoms with E-state index in [1.54, 1.807) is 0 Å². The van der Waals surface area contributed by atoms with Gasteiger partial charge in [0.1, 0.15) is 10.5 Å². The molecule has 0 rings (SSSR count). The van der Waals surface area contributed by atoms with E-state index < -0.39 is 10.0 Å². The molecule has 0 unspecified atom stereocenters. The highest BCUT2D eigenvalue weighted by molar-refractivity contribution is 6.25. The molecule has 0 heterocycles. The van der Waals surface area contributed by atoms with Gasteiger partial charge < -0.3 is 15.1 Å². The summed E-state index contributed by atoms with van der Waals surface area (Å²) in [6.45, 7) is 0. The molecule has 0 aromatic heterocycles. The van der Waals surface area contributed by atoms with Gasteiger partial charge in [-0.1, -0.05) is 0 Å². The van der Waals surface area contributed by atoms with Gasteiger partial charge in [-0.15, -0.1) is 0 Å². The summed E-state index contributed by atoms with van der Waals surface area (Å²) < 4.78 is 4.38. The highest BCUT2D eigenvalue weighted by Gasteiger charge is 1.56. The second-order valence-electron chi connectivity index (χ2n) is 0.418. The van der Waals surface area contributed by atoms with Crippen LogP contribution in [0.15, 0.2) is 0 Å². The Kier molecular flexibility index (Phi) is 15.9. The molecule has 0 aromatic carbocycles. The summed E-state index contributed by atoms with van der Waals surface area (Å²) in [6, 6.07) is 0. The topological polar surface area (TPSA) is 64.5 Å². The number of rotatable bonds is 1. The van der Waals surface area contributed by atoms with Gasteiger partial charge in [0, 0.05) is 0 Å². The van der Waals surface area contributed by atoms with Crippen molar-refractivity contribution in [3.63, 3.8) is 0 Å². The van der Waals surface area contributed by atoms with Crippen molar-refractivity contribution in [2.24, 2.45) is 0 Å². The first-order valence-electron chi connectivity index (χ1n) is 1.01. The normalized spacial score (nSPS) is 9.00. The molecule has 0 aliphatic rings. The van der Waals surface area contributed by atoms with Crippen molar-refractivity contribution in [2.75, 3.05) is 0 Å². The van der Waals surface area contributed by atoms with Gasteiger partial charge in [-0.25, -0.2) is 0 Å². The molecular formula is H9NO2Si2. The van der Waals surface area contributed by atoms with Crippen molar-refractivity contribution in [1.82, 2.24) is 6.15 Å². The Morgan fingerprint density at radius 2 is 2.00 bits per heavy atom. The Morgan fingerprint density at radius 1 is 1.80 bits per heavy atom. The minimum absolute atomic E-state index is 0. The summed E-state index contributed by atoms with van der Waals surface area (Å²) in [5.41, 5.74) is 0. The van der Waals surface area contributed by atoms with Crippen molar-refractivity contribution in [3.05, 3.63) is 0 Å². The molecule has 5 heavy (non-hydrogen) atoms. The smallest absolute Gasteiger partial charge is 0.290 e. The lowest BCUT2D eigenvalue weighted by atomic mass is 14.0. The van der Waals surface area contributed by atoms with Crippen LogP contribution in [0.1, 0.15) is 0 Å². The SMILES string of the molecule is N.O[SiH2]O[SiH3].